The third-order valence-electron chi connectivity index (χ3n) is 2.04. The van der Waals surface area contributed by atoms with Crippen LogP contribution in [0.25, 0.3) is 11.0 Å². The lowest BCUT2D eigenvalue weighted by Crippen LogP contribution is -2.11. The van der Waals surface area contributed by atoms with Crippen LogP contribution in [0.3, 0.4) is 0 Å². The van der Waals surface area contributed by atoms with Crippen molar-refractivity contribution in [2.24, 2.45) is 0 Å². The standard InChI is InChI=1S/C9H11N3O2/c1-14-10-5-6-3-2-4-7-8(6)12-9(13)11-7/h2-4,10H,5H2,1H3,(H2,11,12,13). The van der Waals surface area contributed by atoms with Crippen molar-refractivity contribution in [2.45, 2.75) is 6.54 Å². The van der Waals surface area contributed by atoms with Crippen LogP contribution in [0.1, 0.15) is 5.56 Å². The van der Waals surface area contributed by atoms with E-state index in [-0.39, 0.29) is 5.69 Å². The zero-order chi connectivity index (χ0) is 9.97. The van der Waals surface area contributed by atoms with Gasteiger partial charge in [-0.3, -0.25) is 0 Å². The topological polar surface area (TPSA) is 69.9 Å². The molecule has 3 N–H and O–H groups in total. The van der Waals surface area contributed by atoms with Crippen molar-refractivity contribution in [3.05, 3.63) is 34.2 Å². The number of aromatic amines is 2. The second-order valence-electron chi connectivity index (χ2n) is 2.94. The Morgan fingerprint density at radius 3 is 3.07 bits per heavy atom. The molecule has 5 heteroatoms. The summed E-state index contributed by atoms with van der Waals surface area (Å²) >= 11 is 0. The molecule has 0 atom stereocenters. The predicted molar refractivity (Wildman–Crippen MR) is 52.8 cm³/mol. The fourth-order valence-corrected chi connectivity index (χ4v) is 1.42. The molecule has 1 aromatic carbocycles. The summed E-state index contributed by atoms with van der Waals surface area (Å²) in [6, 6.07) is 5.67. The quantitative estimate of drug-likeness (QED) is 0.622. The number of hydrogen-bond donors (Lipinski definition) is 3. The molecule has 14 heavy (non-hydrogen) atoms. The Morgan fingerprint density at radius 1 is 1.43 bits per heavy atom. The molecule has 0 amide bonds. The maximum atomic E-state index is 11.1. The average Bonchev–Trinajstić information content (AvgIpc) is 2.55. The summed E-state index contributed by atoms with van der Waals surface area (Å²) in [7, 11) is 1.56. The molecule has 0 aliphatic carbocycles. The molecule has 1 heterocycles. The van der Waals surface area contributed by atoms with Gasteiger partial charge >= 0.3 is 5.69 Å². The Morgan fingerprint density at radius 2 is 2.29 bits per heavy atom. The lowest BCUT2D eigenvalue weighted by Gasteiger charge is -2.02. The van der Waals surface area contributed by atoms with Crippen LogP contribution in [0, 0.1) is 0 Å². The third kappa shape index (κ3) is 1.55. The molecule has 5 nitrogen and oxygen atoms in total. The van der Waals surface area contributed by atoms with E-state index in [1.807, 2.05) is 18.2 Å². The van der Waals surface area contributed by atoms with E-state index in [0.717, 1.165) is 16.6 Å². The molecular weight excluding hydrogens is 182 g/mol. The van der Waals surface area contributed by atoms with Crippen molar-refractivity contribution in [3.8, 4) is 0 Å². The van der Waals surface area contributed by atoms with Gasteiger partial charge in [-0.15, -0.1) is 0 Å². The number of aromatic nitrogens is 2. The normalized spacial score (nSPS) is 10.9. The summed E-state index contributed by atoms with van der Waals surface area (Å²) < 4.78 is 0. The average molecular weight is 193 g/mol. The Balaban J connectivity index is 2.47. The fourth-order valence-electron chi connectivity index (χ4n) is 1.42. The van der Waals surface area contributed by atoms with Crippen molar-refractivity contribution in [2.75, 3.05) is 7.11 Å². The first-order chi connectivity index (χ1) is 6.81. The van der Waals surface area contributed by atoms with Crippen LogP contribution < -0.4 is 11.2 Å². The highest BCUT2D eigenvalue weighted by atomic mass is 16.6. The van der Waals surface area contributed by atoms with Crippen LogP contribution in [-0.4, -0.2) is 17.1 Å². The first-order valence-electron chi connectivity index (χ1n) is 4.27. The zero-order valence-corrected chi connectivity index (χ0v) is 7.76. The van der Waals surface area contributed by atoms with Crippen LogP contribution in [0.5, 0.6) is 0 Å². The van der Waals surface area contributed by atoms with Crippen molar-refractivity contribution < 1.29 is 4.84 Å². The molecule has 0 saturated carbocycles. The Kier molecular flexibility index (Phi) is 2.34. The minimum atomic E-state index is -0.190. The van der Waals surface area contributed by atoms with Crippen LogP contribution >= 0.6 is 0 Å². The van der Waals surface area contributed by atoms with Crippen molar-refractivity contribution in [1.82, 2.24) is 15.4 Å². The molecule has 0 bridgehead atoms. The molecule has 0 fully saturated rings. The first kappa shape index (κ1) is 8.98. The molecule has 74 valence electrons. The molecule has 0 unspecified atom stereocenters. The number of hydrogen-bond acceptors (Lipinski definition) is 3. The maximum absolute atomic E-state index is 11.1. The minimum absolute atomic E-state index is 0.190. The molecule has 0 spiro atoms. The van der Waals surface area contributed by atoms with Crippen molar-refractivity contribution in [3.63, 3.8) is 0 Å². The largest absolute Gasteiger partial charge is 0.323 e. The summed E-state index contributed by atoms with van der Waals surface area (Å²) in [6.45, 7) is 0.557. The van der Waals surface area contributed by atoms with Crippen LogP contribution in [0.2, 0.25) is 0 Å². The lowest BCUT2D eigenvalue weighted by atomic mass is 10.2. The number of H-pyrrole nitrogens is 2. The fraction of sp³-hybridized carbons (Fsp3) is 0.222. The molecule has 0 radical (unpaired) electrons. The van der Waals surface area contributed by atoms with Gasteiger partial charge in [0.05, 0.1) is 18.1 Å². The van der Waals surface area contributed by atoms with E-state index >= 15 is 0 Å². The third-order valence-corrected chi connectivity index (χ3v) is 2.04. The van der Waals surface area contributed by atoms with Gasteiger partial charge in [-0.2, -0.15) is 5.48 Å². The molecule has 0 aliphatic heterocycles. The van der Waals surface area contributed by atoms with Gasteiger partial charge in [0, 0.05) is 6.54 Å². The monoisotopic (exact) mass is 193 g/mol. The summed E-state index contributed by atoms with van der Waals surface area (Å²) in [5, 5.41) is 0. The van der Waals surface area contributed by atoms with Gasteiger partial charge in [0.25, 0.3) is 0 Å². The number of hydroxylamine groups is 1. The first-order valence-corrected chi connectivity index (χ1v) is 4.27. The highest BCUT2D eigenvalue weighted by Crippen LogP contribution is 2.12. The number of rotatable bonds is 3. The minimum Gasteiger partial charge on any atom is -0.306 e. The van der Waals surface area contributed by atoms with Crippen LogP contribution in [0.4, 0.5) is 0 Å². The van der Waals surface area contributed by atoms with Gasteiger partial charge in [-0.05, 0) is 11.6 Å². The smallest absolute Gasteiger partial charge is 0.306 e. The van der Waals surface area contributed by atoms with Gasteiger partial charge < -0.3 is 14.8 Å². The van der Waals surface area contributed by atoms with Crippen LogP contribution in [0.15, 0.2) is 23.0 Å². The number of fused-ring (bicyclic) bond motifs is 1. The molecular formula is C9H11N3O2. The second-order valence-corrected chi connectivity index (χ2v) is 2.94. The van der Waals surface area contributed by atoms with E-state index < -0.39 is 0 Å². The molecule has 1 aromatic heterocycles. The summed E-state index contributed by atoms with van der Waals surface area (Å²) in [5.41, 5.74) is 5.16. The zero-order valence-electron chi connectivity index (χ0n) is 7.76. The highest BCUT2D eigenvalue weighted by molar-refractivity contribution is 5.77. The SMILES string of the molecule is CONCc1cccc2[nH]c(=O)[nH]c12. The lowest BCUT2D eigenvalue weighted by molar-refractivity contribution is 0.0870. The summed E-state index contributed by atoms with van der Waals surface area (Å²) in [4.78, 5) is 21.2. The maximum Gasteiger partial charge on any atom is 0.323 e. The van der Waals surface area contributed by atoms with E-state index in [1.165, 1.54) is 0 Å². The number of benzene rings is 1. The van der Waals surface area contributed by atoms with Crippen molar-refractivity contribution >= 4 is 11.0 Å². The predicted octanol–water partition coefficient (Wildman–Crippen LogP) is 0.507. The van der Waals surface area contributed by atoms with Gasteiger partial charge in [0.1, 0.15) is 0 Å². The van der Waals surface area contributed by atoms with Crippen molar-refractivity contribution in [1.29, 1.82) is 0 Å². The molecule has 0 aliphatic rings. The van der Waals surface area contributed by atoms with E-state index in [9.17, 15) is 4.79 Å². The second kappa shape index (κ2) is 3.65. The molecule has 0 saturated heterocycles. The summed E-state index contributed by atoms with van der Waals surface area (Å²) in [5.74, 6) is 0. The highest BCUT2D eigenvalue weighted by Gasteiger charge is 2.02. The Labute approximate surface area is 80.1 Å². The van der Waals surface area contributed by atoms with Gasteiger partial charge in [-0.25, -0.2) is 4.79 Å². The van der Waals surface area contributed by atoms with E-state index in [0.29, 0.717) is 6.54 Å². The number of para-hydroxylation sites is 1. The summed E-state index contributed by atoms with van der Waals surface area (Å²) in [6.07, 6.45) is 0. The van der Waals surface area contributed by atoms with Crippen LogP contribution in [-0.2, 0) is 11.4 Å². The number of imidazole rings is 1. The van der Waals surface area contributed by atoms with Gasteiger partial charge in [0.2, 0.25) is 0 Å². The molecule has 2 rings (SSSR count). The Hall–Kier alpha value is -1.59. The van der Waals surface area contributed by atoms with E-state index in [1.54, 1.807) is 7.11 Å². The van der Waals surface area contributed by atoms with E-state index in [4.69, 9.17) is 4.84 Å². The number of nitrogens with one attached hydrogen (secondary N) is 3. The van der Waals surface area contributed by atoms with E-state index in [2.05, 4.69) is 15.4 Å². The Bertz CT molecular complexity index is 486. The van der Waals surface area contributed by atoms with Gasteiger partial charge in [0.15, 0.2) is 0 Å². The molecule has 2 aromatic rings. The van der Waals surface area contributed by atoms with Gasteiger partial charge in [-0.1, -0.05) is 12.1 Å².